The van der Waals surface area contributed by atoms with Crippen molar-refractivity contribution in [3.05, 3.63) is 39.7 Å². The quantitative estimate of drug-likeness (QED) is 0.875. The molecular weight excluding hydrogens is 308 g/mol. The van der Waals surface area contributed by atoms with Gasteiger partial charge in [-0.3, -0.25) is 4.79 Å². The van der Waals surface area contributed by atoms with Crippen LogP contribution in [-0.2, 0) is 11.3 Å². The third-order valence-electron chi connectivity index (χ3n) is 3.26. The monoisotopic (exact) mass is 322 g/mol. The minimum Gasteiger partial charge on any atom is -0.475 e. The van der Waals surface area contributed by atoms with Crippen LogP contribution in [0, 0.1) is 0 Å². The number of carbonyl (C=O) groups excluding carboxylic acids is 1. The van der Waals surface area contributed by atoms with Gasteiger partial charge in [0, 0.05) is 12.0 Å². The topological polar surface area (TPSA) is 102 Å². The standard InChI is InChI=1S/C14H14N2O5S/c17-12(15-6-8-3-4-11(21-8)14(18)19)9-7-22-13(16-9)10-2-1-5-20-10/h3-4,7,10H,1-2,5-6H2,(H,15,17)(H,18,19)/t10-/m1/s1. The molecule has 3 heterocycles. The van der Waals surface area contributed by atoms with Crippen LogP contribution in [0.5, 0.6) is 0 Å². The molecular formula is C14H14N2O5S. The number of aromatic carboxylic acids is 1. The maximum absolute atomic E-state index is 12.0. The average Bonchev–Trinajstić information content (AvgIpc) is 3.23. The van der Waals surface area contributed by atoms with E-state index in [0.717, 1.165) is 24.5 Å². The van der Waals surface area contributed by atoms with Gasteiger partial charge in [0.25, 0.3) is 5.91 Å². The Labute approximate surface area is 129 Å². The summed E-state index contributed by atoms with van der Waals surface area (Å²) in [6.07, 6.45) is 1.93. The Kier molecular flexibility index (Phi) is 4.21. The van der Waals surface area contributed by atoms with Crippen molar-refractivity contribution < 1.29 is 23.8 Å². The van der Waals surface area contributed by atoms with Crippen LogP contribution in [-0.4, -0.2) is 28.6 Å². The molecule has 0 aliphatic carbocycles. The molecule has 22 heavy (non-hydrogen) atoms. The molecule has 0 aromatic carbocycles. The fraction of sp³-hybridized carbons (Fsp3) is 0.357. The number of carboxylic acids is 1. The first-order chi connectivity index (χ1) is 10.6. The second-order valence-electron chi connectivity index (χ2n) is 4.83. The molecule has 1 fully saturated rings. The van der Waals surface area contributed by atoms with E-state index in [1.807, 2.05) is 0 Å². The van der Waals surface area contributed by atoms with Crippen LogP contribution in [0.2, 0.25) is 0 Å². The minimum atomic E-state index is -1.14. The number of nitrogens with one attached hydrogen (secondary N) is 1. The van der Waals surface area contributed by atoms with E-state index in [0.29, 0.717) is 11.5 Å². The van der Waals surface area contributed by atoms with Crippen LogP contribution in [0.25, 0.3) is 0 Å². The van der Waals surface area contributed by atoms with Gasteiger partial charge in [0.2, 0.25) is 5.76 Å². The van der Waals surface area contributed by atoms with Crippen LogP contribution in [0.4, 0.5) is 0 Å². The summed E-state index contributed by atoms with van der Waals surface area (Å²) in [6.45, 7) is 0.842. The molecule has 1 saturated heterocycles. The molecule has 1 aliphatic rings. The van der Waals surface area contributed by atoms with E-state index >= 15 is 0 Å². The lowest BCUT2D eigenvalue weighted by molar-refractivity contribution is 0.0660. The van der Waals surface area contributed by atoms with E-state index < -0.39 is 5.97 Å². The Morgan fingerprint density at radius 3 is 3.00 bits per heavy atom. The summed E-state index contributed by atoms with van der Waals surface area (Å²) in [6, 6.07) is 2.87. The molecule has 0 spiro atoms. The zero-order valence-corrected chi connectivity index (χ0v) is 12.4. The lowest BCUT2D eigenvalue weighted by atomic mass is 10.2. The van der Waals surface area contributed by atoms with E-state index in [1.54, 1.807) is 5.38 Å². The van der Waals surface area contributed by atoms with Gasteiger partial charge in [-0.15, -0.1) is 11.3 Å². The number of carbonyl (C=O) groups is 2. The number of thiazole rings is 1. The summed E-state index contributed by atoms with van der Waals surface area (Å²) in [4.78, 5) is 27.0. The van der Waals surface area contributed by atoms with Gasteiger partial charge >= 0.3 is 5.97 Å². The van der Waals surface area contributed by atoms with Crippen molar-refractivity contribution >= 4 is 23.2 Å². The van der Waals surface area contributed by atoms with Gasteiger partial charge in [0.15, 0.2) is 0 Å². The Hall–Kier alpha value is -2.19. The number of carboxylic acid groups (broad SMARTS) is 1. The van der Waals surface area contributed by atoms with Crippen molar-refractivity contribution in [2.75, 3.05) is 6.61 Å². The molecule has 2 aromatic heterocycles. The summed E-state index contributed by atoms with van der Waals surface area (Å²) in [5.74, 6) is -1.24. The van der Waals surface area contributed by atoms with Crippen molar-refractivity contribution in [2.24, 2.45) is 0 Å². The largest absolute Gasteiger partial charge is 0.475 e. The zero-order valence-electron chi connectivity index (χ0n) is 11.6. The number of ether oxygens (including phenoxy) is 1. The minimum absolute atomic E-state index is 0.00486. The molecule has 8 heteroatoms. The van der Waals surface area contributed by atoms with Crippen LogP contribution in [0.1, 0.15) is 50.8 Å². The molecule has 0 bridgehead atoms. The number of nitrogens with zero attached hydrogens (tertiary/aromatic N) is 1. The Morgan fingerprint density at radius 2 is 2.32 bits per heavy atom. The van der Waals surface area contributed by atoms with Gasteiger partial charge in [-0.2, -0.15) is 0 Å². The number of furan rings is 1. The first-order valence-electron chi connectivity index (χ1n) is 6.80. The highest BCUT2D eigenvalue weighted by Gasteiger charge is 2.22. The molecule has 1 aliphatic heterocycles. The summed E-state index contributed by atoms with van der Waals surface area (Å²) in [5.41, 5.74) is 0.334. The van der Waals surface area contributed by atoms with Crippen molar-refractivity contribution in [1.82, 2.24) is 10.3 Å². The molecule has 2 N–H and O–H groups in total. The molecule has 1 amide bonds. The highest BCUT2D eigenvalue weighted by atomic mass is 32.1. The Bertz CT molecular complexity index is 687. The number of amides is 1. The first kappa shape index (κ1) is 14.7. The smallest absolute Gasteiger partial charge is 0.371 e. The van der Waals surface area contributed by atoms with Gasteiger partial charge in [0.1, 0.15) is 22.6 Å². The highest BCUT2D eigenvalue weighted by molar-refractivity contribution is 7.09. The molecule has 7 nitrogen and oxygen atoms in total. The van der Waals surface area contributed by atoms with Gasteiger partial charge in [0.05, 0.1) is 6.54 Å². The van der Waals surface area contributed by atoms with E-state index in [1.165, 1.54) is 23.5 Å². The highest BCUT2D eigenvalue weighted by Crippen LogP contribution is 2.30. The lowest BCUT2D eigenvalue weighted by Crippen LogP contribution is -2.23. The lowest BCUT2D eigenvalue weighted by Gasteiger charge is -2.04. The molecule has 116 valence electrons. The predicted molar refractivity (Wildman–Crippen MR) is 76.9 cm³/mol. The van der Waals surface area contributed by atoms with Gasteiger partial charge in [-0.25, -0.2) is 9.78 Å². The van der Waals surface area contributed by atoms with E-state index in [4.69, 9.17) is 14.3 Å². The fourth-order valence-corrected chi connectivity index (χ4v) is 3.04. The molecule has 0 radical (unpaired) electrons. The third-order valence-corrected chi connectivity index (χ3v) is 4.19. The normalized spacial score (nSPS) is 17.5. The number of rotatable bonds is 5. The first-order valence-corrected chi connectivity index (χ1v) is 7.68. The van der Waals surface area contributed by atoms with Crippen LogP contribution in [0.15, 0.2) is 21.9 Å². The maximum Gasteiger partial charge on any atom is 0.371 e. The van der Waals surface area contributed by atoms with Crippen molar-refractivity contribution in [1.29, 1.82) is 0 Å². The van der Waals surface area contributed by atoms with E-state index in [-0.39, 0.29) is 24.3 Å². The summed E-state index contributed by atoms with van der Waals surface area (Å²) < 4.78 is 10.6. The molecule has 0 unspecified atom stereocenters. The van der Waals surface area contributed by atoms with Crippen LogP contribution in [0.3, 0.4) is 0 Å². The second-order valence-corrected chi connectivity index (χ2v) is 5.72. The van der Waals surface area contributed by atoms with Crippen LogP contribution < -0.4 is 5.32 Å². The summed E-state index contributed by atoms with van der Waals surface area (Å²) in [5, 5.41) is 13.9. The summed E-state index contributed by atoms with van der Waals surface area (Å²) >= 11 is 1.41. The maximum atomic E-state index is 12.0. The van der Waals surface area contributed by atoms with Crippen molar-refractivity contribution in [3.8, 4) is 0 Å². The van der Waals surface area contributed by atoms with E-state index in [2.05, 4.69) is 10.3 Å². The van der Waals surface area contributed by atoms with Crippen LogP contribution >= 0.6 is 11.3 Å². The van der Waals surface area contributed by atoms with Gasteiger partial charge in [-0.1, -0.05) is 0 Å². The third kappa shape index (κ3) is 3.18. The van der Waals surface area contributed by atoms with E-state index in [9.17, 15) is 9.59 Å². The fourth-order valence-electron chi connectivity index (χ4n) is 2.16. The number of hydrogen-bond donors (Lipinski definition) is 2. The Balaban J connectivity index is 1.58. The molecule has 1 atom stereocenters. The molecule has 0 saturated carbocycles. The number of aromatic nitrogens is 1. The SMILES string of the molecule is O=C(NCc1ccc(C(=O)O)o1)c1csc([C@H]2CCCO2)n1. The number of hydrogen-bond acceptors (Lipinski definition) is 6. The average molecular weight is 322 g/mol. The second kappa shape index (κ2) is 6.29. The molecule has 3 rings (SSSR count). The summed E-state index contributed by atoms with van der Waals surface area (Å²) in [7, 11) is 0. The zero-order chi connectivity index (χ0) is 15.5. The van der Waals surface area contributed by atoms with Gasteiger partial charge < -0.3 is 19.6 Å². The van der Waals surface area contributed by atoms with Gasteiger partial charge in [-0.05, 0) is 25.0 Å². The Morgan fingerprint density at radius 1 is 1.45 bits per heavy atom. The van der Waals surface area contributed by atoms with Crippen molar-refractivity contribution in [2.45, 2.75) is 25.5 Å². The predicted octanol–water partition coefficient (Wildman–Crippen LogP) is 2.22. The van der Waals surface area contributed by atoms with Crippen molar-refractivity contribution in [3.63, 3.8) is 0 Å². The molecule has 2 aromatic rings.